The van der Waals surface area contributed by atoms with Crippen molar-refractivity contribution in [1.29, 1.82) is 0 Å². The number of nitrogens with one attached hydrogen (secondary N) is 1. The standard InChI is InChI=1S/C16H29NS/c1-7-13-9-10-15(18-13)14(17-8-2)11-12(3)16(4,5)6/h9-10,12,14,17H,7-8,11H2,1-6H3. The van der Waals surface area contributed by atoms with Crippen LogP contribution in [0, 0.1) is 11.3 Å². The highest BCUT2D eigenvalue weighted by Crippen LogP contribution is 2.35. The number of thiophene rings is 1. The Hall–Kier alpha value is -0.340. The van der Waals surface area contributed by atoms with Crippen molar-refractivity contribution in [3.63, 3.8) is 0 Å². The Bertz CT molecular complexity index is 348. The van der Waals surface area contributed by atoms with Crippen LogP contribution in [0.25, 0.3) is 0 Å². The summed E-state index contributed by atoms with van der Waals surface area (Å²) in [5.74, 6) is 0.716. The van der Waals surface area contributed by atoms with Crippen molar-refractivity contribution in [3.8, 4) is 0 Å². The molecule has 0 saturated heterocycles. The summed E-state index contributed by atoms with van der Waals surface area (Å²) < 4.78 is 0. The number of hydrogen-bond acceptors (Lipinski definition) is 2. The molecule has 0 saturated carbocycles. The minimum Gasteiger partial charge on any atom is -0.310 e. The largest absolute Gasteiger partial charge is 0.310 e. The van der Waals surface area contributed by atoms with Crippen LogP contribution in [0.2, 0.25) is 0 Å². The molecule has 2 heteroatoms. The van der Waals surface area contributed by atoms with E-state index in [1.54, 1.807) is 0 Å². The summed E-state index contributed by atoms with van der Waals surface area (Å²) in [6.45, 7) is 14.9. The summed E-state index contributed by atoms with van der Waals surface area (Å²) in [4.78, 5) is 3.00. The van der Waals surface area contributed by atoms with Crippen molar-refractivity contribution >= 4 is 11.3 Å². The summed E-state index contributed by atoms with van der Waals surface area (Å²) in [7, 11) is 0. The fourth-order valence-corrected chi connectivity index (χ4v) is 3.07. The molecule has 0 bridgehead atoms. The molecule has 1 nitrogen and oxygen atoms in total. The zero-order valence-corrected chi connectivity index (χ0v) is 13.7. The molecular formula is C16H29NS. The first kappa shape index (κ1) is 15.7. The highest BCUT2D eigenvalue weighted by molar-refractivity contribution is 7.12. The van der Waals surface area contributed by atoms with Crippen LogP contribution < -0.4 is 5.32 Å². The molecule has 1 rings (SSSR count). The molecular weight excluding hydrogens is 238 g/mol. The van der Waals surface area contributed by atoms with Gasteiger partial charge in [0.15, 0.2) is 0 Å². The normalized spacial score (nSPS) is 15.7. The molecule has 0 amide bonds. The minimum absolute atomic E-state index is 0.387. The van der Waals surface area contributed by atoms with Crippen molar-refractivity contribution in [3.05, 3.63) is 21.9 Å². The lowest BCUT2D eigenvalue weighted by Gasteiger charge is -2.30. The van der Waals surface area contributed by atoms with Crippen molar-refractivity contribution in [2.75, 3.05) is 6.54 Å². The fraction of sp³-hybridized carbons (Fsp3) is 0.750. The zero-order chi connectivity index (χ0) is 13.8. The molecule has 0 aliphatic rings. The van der Waals surface area contributed by atoms with Gasteiger partial charge in [0.2, 0.25) is 0 Å². The molecule has 0 aliphatic heterocycles. The Labute approximate surface area is 117 Å². The van der Waals surface area contributed by atoms with Crippen LogP contribution in [0.1, 0.15) is 63.8 Å². The fourth-order valence-electron chi connectivity index (χ4n) is 2.03. The van der Waals surface area contributed by atoms with Gasteiger partial charge in [-0.3, -0.25) is 0 Å². The maximum absolute atomic E-state index is 3.65. The number of rotatable bonds is 6. The first-order chi connectivity index (χ1) is 8.38. The predicted molar refractivity (Wildman–Crippen MR) is 83.4 cm³/mol. The molecule has 18 heavy (non-hydrogen) atoms. The van der Waals surface area contributed by atoms with Gasteiger partial charge in [-0.25, -0.2) is 0 Å². The Balaban J connectivity index is 2.76. The van der Waals surface area contributed by atoms with E-state index < -0.39 is 0 Å². The topological polar surface area (TPSA) is 12.0 Å². The minimum atomic E-state index is 0.387. The second kappa shape index (κ2) is 6.72. The Morgan fingerprint density at radius 2 is 1.89 bits per heavy atom. The van der Waals surface area contributed by atoms with Gasteiger partial charge in [-0.1, -0.05) is 41.5 Å². The maximum Gasteiger partial charge on any atom is 0.0417 e. The third-order valence-electron chi connectivity index (χ3n) is 3.89. The molecule has 104 valence electrons. The van der Waals surface area contributed by atoms with Gasteiger partial charge in [-0.15, -0.1) is 11.3 Å². The third-order valence-corrected chi connectivity index (χ3v) is 5.24. The molecule has 1 aromatic rings. The van der Waals surface area contributed by atoms with E-state index in [1.807, 2.05) is 11.3 Å². The summed E-state index contributed by atoms with van der Waals surface area (Å²) in [6.07, 6.45) is 2.37. The van der Waals surface area contributed by atoms with Gasteiger partial charge < -0.3 is 5.32 Å². The Morgan fingerprint density at radius 1 is 1.22 bits per heavy atom. The lowest BCUT2D eigenvalue weighted by atomic mass is 9.78. The van der Waals surface area contributed by atoms with Gasteiger partial charge in [0.1, 0.15) is 0 Å². The monoisotopic (exact) mass is 267 g/mol. The molecule has 0 aromatic carbocycles. The highest BCUT2D eigenvalue weighted by atomic mass is 32.1. The second-order valence-corrected chi connectivity index (χ2v) is 7.47. The Kier molecular flexibility index (Phi) is 5.87. The van der Waals surface area contributed by atoms with Crippen molar-refractivity contribution < 1.29 is 0 Å². The van der Waals surface area contributed by atoms with Crippen LogP contribution in [-0.2, 0) is 6.42 Å². The molecule has 1 N–H and O–H groups in total. The third kappa shape index (κ3) is 4.40. The van der Waals surface area contributed by atoms with E-state index in [9.17, 15) is 0 Å². The predicted octanol–water partition coefficient (Wildman–Crippen LogP) is 5.03. The van der Waals surface area contributed by atoms with Crippen LogP contribution in [0.5, 0.6) is 0 Å². The van der Waals surface area contributed by atoms with E-state index >= 15 is 0 Å². The van der Waals surface area contributed by atoms with Crippen LogP contribution in [-0.4, -0.2) is 6.54 Å². The molecule has 0 fully saturated rings. The van der Waals surface area contributed by atoms with Crippen molar-refractivity contribution in [2.45, 2.75) is 60.4 Å². The van der Waals surface area contributed by atoms with E-state index in [-0.39, 0.29) is 0 Å². The van der Waals surface area contributed by atoms with Gasteiger partial charge in [-0.05, 0) is 42.9 Å². The average molecular weight is 267 g/mol. The molecule has 1 heterocycles. The first-order valence-electron chi connectivity index (χ1n) is 7.20. The van der Waals surface area contributed by atoms with Crippen LogP contribution in [0.3, 0.4) is 0 Å². The smallest absolute Gasteiger partial charge is 0.0417 e. The van der Waals surface area contributed by atoms with E-state index in [0.717, 1.165) is 13.0 Å². The zero-order valence-electron chi connectivity index (χ0n) is 12.8. The van der Waals surface area contributed by atoms with Gasteiger partial charge in [0.05, 0.1) is 0 Å². The van der Waals surface area contributed by atoms with Crippen molar-refractivity contribution in [2.24, 2.45) is 11.3 Å². The molecule has 1 aromatic heterocycles. The van der Waals surface area contributed by atoms with E-state index in [0.29, 0.717) is 17.4 Å². The lowest BCUT2D eigenvalue weighted by molar-refractivity contribution is 0.225. The SMILES string of the molecule is CCNC(CC(C)C(C)(C)C)c1ccc(CC)s1. The molecule has 0 radical (unpaired) electrons. The average Bonchev–Trinajstić information content (AvgIpc) is 2.75. The molecule has 0 aliphatic carbocycles. The Morgan fingerprint density at radius 3 is 2.33 bits per heavy atom. The molecule has 0 spiro atoms. The number of hydrogen-bond donors (Lipinski definition) is 1. The van der Waals surface area contributed by atoms with Gasteiger partial charge in [0.25, 0.3) is 0 Å². The summed E-state index contributed by atoms with van der Waals surface area (Å²) >= 11 is 1.97. The number of aryl methyl sites for hydroxylation is 1. The van der Waals surface area contributed by atoms with Gasteiger partial charge >= 0.3 is 0 Å². The summed E-state index contributed by atoms with van der Waals surface area (Å²) in [5, 5.41) is 3.65. The van der Waals surface area contributed by atoms with E-state index in [2.05, 4.69) is 59.0 Å². The van der Waals surface area contributed by atoms with Crippen LogP contribution in [0.15, 0.2) is 12.1 Å². The summed E-state index contributed by atoms with van der Waals surface area (Å²) in [5.41, 5.74) is 0.387. The summed E-state index contributed by atoms with van der Waals surface area (Å²) in [6, 6.07) is 5.12. The maximum atomic E-state index is 3.65. The van der Waals surface area contributed by atoms with E-state index in [1.165, 1.54) is 16.2 Å². The van der Waals surface area contributed by atoms with Gasteiger partial charge in [0, 0.05) is 15.8 Å². The first-order valence-corrected chi connectivity index (χ1v) is 8.02. The van der Waals surface area contributed by atoms with E-state index in [4.69, 9.17) is 0 Å². The van der Waals surface area contributed by atoms with Gasteiger partial charge in [-0.2, -0.15) is 0 Å². The molecule has 2 unspecified atom stereocenters. The van der Waals surface area contributed by atoms with Crippen LogP contribution >= 0.6 is 11.3 Å². The van der Waals surface area contributed by atoms with Crippen LogP contribution in [0.4, 0.5) is 0 Å². The lowest BCUT2D eigenvalue weighted by Crippen LogP contribution is -2.26. The second-order valence-electron chi connectivity index (χ2n) is 6.27. The molecule has 2 atom stereocenters. The highest BCUT2D eigenvalue weighted by Gasteiger charge is 2.24. The van der Waals surface area contributed by atoms with Crippen molar-refractivity contribution in [1.82, 2.24) is 5.32 Å². The quantitative estimate of drug-likeness (QED) is 0.762.